The van der Waals surface area contributed by atoms with E-state index in [-0.39, 0.29) is 0 Å². The van der Waals surface area contributed by atoms with Crippen molar-refractivity contribution in [3.05, 3.63) is 23.8 Å². The molecule has 0 bridgehead atoms. The predicted molar refractivity (Wildman–Crippen MR) is 82.7 cm³/mol. The highest BCUT2D eigenvalue weighted by atomic mass is 16.1. The summed E-state index contributed by atoms with van der Waals surface area (Å²) in [4.78, 5) is 13.9. The van der Waals surface area contributed by atoms with Gasteiger partial charge in [-0.25, -0.2) is 0 Å². The number of hydrogen-bond acceptors (Lipinski definition) is 4. The molecule has 0 radical (unpaired) electrons. The summed E-state index contributed by atoms with van der Waals surface area (Å²) >= 11 is 0. The largest absolute Gasteiger partial charge is 0.397 e. The van der Waals surface area contributed by atoms with Gasteiger partial charge in [0, 0.05) is 19.1 Å². The number of nitrogens with two attached hydrogens (primary N) is 2. The number of anilines is 2. The quantitative estimate of drug-likeness (QED) is 0.714. The van der Waals surface area contributed by atoms with Crippen LogP contribution < -0.4 is 16.8 Å². The van der Waals surface area contributed by atoms with Gasteiger partial charge in [-0.2, -0.15) is 0 Å². The molecule has 1 fully saturated rings. The lowest BCUT2D eigenvalue weighted by molar-refractivity contribution is 0.100. The van der Waals surface area contributed by atoms with Crippen molar-refractivity contribution in [1.29, 1.82) is 0 Å². The molecule has 5 nitrogen and oxygen atoms in total. The lowest BCUT2D eigenvalue weighted by Gasteiger charge is -2.33. The Morgan fingerprint density at radius 1 is 1.40 bits per heavy atom. The second-order valence-electron chi connectivity index (χ2n) is 5.39. The lowest BCUT2D eigenvalue weighted by atomic mass is 10.0. The maximum atomic E-state index is 11.5. The van der Waals surface area contributed by atoms with E-state index < -0.39 is 5.91 Å². The first-order valence-corrected chi connectivity index (χ1v) is 7.29. The van der Waals surface area contributed by atoms with E-state index in [4.69, 9.17) is 11.5 Å². The zero-order valence-electron chi connectivity index (χ0n) is 12.1. The van der Waals surface area contributed by atoms with Gasteiger partial charge in [0.05, 0.1) is 16.9 Å². The number of piperidine rings is 1. The van der Waals surface area contributed by atoms with Crippen LogP contribution in [-0.4, -0.2) is 36.5 Å². The fourth-order valence-corrected chi connectivity index (χ4v) is 2.76. The lowest BCUT2D eigenvalue weighted by Crippen LogP contribution is -2.39. The number of primary amides is 1. The first-order valence-electron chi connectivity index (χ1n) is 7.29. The summed E-state index contributed by atoms with van der Waals surface area (Å²) in [6, 6.07) is 5.62. The molecule has 1 aromatic rings. The first kappa shape index (κ1) is 14.7. The van der Waals surface area contributed by atoms with Crippen molar-refractivity contribution < 1.29 is 4.79 Å². The number of hydrogen-bond donors (Lipinski definition) is 3. The van der Waals surface area contributed by atoms with Gasteiger partial charge in [0.2, 0.25) is 0 Å². The number of rotatable bonds is 5. The molecule has 0 aromatic heterocycles. The van der Waals surface area contributed by atoms with Crippen LogP contribution in [0.15, 0.2) is 18.2 Å². The van der Waals surface area contributed by atoms with Gasteiger partial charge in [0.15, 0.2) is 0 Å². The maximum Gasteiger partial charge on any atom is 0.250 e. The van der Waals surface area contributed by atoms with Crippen LogP contribution in [0.5, 0.6) is 0 Å². The highest BCUT2D eigenvalue weighted by molar-refractivity contribution is 6.01. The summed E-state index contributed by atoms with van der Waals surface area (Å²) in [5.41, 5.74) is 13.1. The molecule has 0 aliphatic carbocycles. The fourth-order valence-electron chi connectivity index (χ4n) is 2.76. The number of nitrogens with one attached hydrogen (secondary N) is 1. The molecular weight excluding hydrogens is 252 g/mol. The summed E-state index contributed by atoms with van der Waals surface area (Å²) in [7, 11) is 0. The minimum Gasteiger partial charge on any atom is -0.397 e. The van der Waals surface area contributed by atoms with E-state index >= 15 is 0 Å². The number of amides is 1. The minimum atomic E-state index is -0.441. The Hall–Kier alpha value is -1.75. The van der Waals surface area contributed by atoms with Crippen LogP contribution in [0.2, 0.25) is 0 Å². The number of para-hydroxylation sites is 1. The van der Waals surface area contributed by atoms with Crippen LogP contribution in [0.1, 0.15) is 36.5 Å². The van der Waals surface area contributed by atoms with Crippen molar-refractivity contribution in [2.45, 2.75) is 32.2 Å². The van der Waals surface area contributed by atoms with Gasteiger partial charge < -0.3 is 21.7 Å². The standard InChI is InChI=1S/C15H24N4O/c1-2-8-19-9-6-11(7-10-19)18-14-12(15(17)20)4-3-5-13(14)16/h3-5,11,18H,2,6-10,16H2,1H3,(H2,17,20). The third-order valence-electron chi connectivity index (χ3n) is 3.84. The molecule has 0 atom stereocenters. The molecule has 1 aliphatic rings. The van der Waals surface area contributed by atoms with Crippen LogP contribution in [0.4, 0.5) is 11.4 Å². The smallest absolute Gasteiger partial charge is 0.250 e. The number of nitrogen functional groups attached to an aromatic ring is 1. The van der Waals surface area contributed by atoms with E-state index in [0.717, 1.165) is 32.5 Å². The minimum absolute atomic E-state index is 0.353. The molecule has 0 spiro atoms. The van der Waals surface area contributed by atoms with E-state index in [1.165, 1.54) is 6.42 Å². The summed E-state index contributed by atoms with van der Waals surface area (Å²) < 4.78 is 0. The van der Waals surface area contributed by atoms with Crippen molar-refractivity contribution in [3.63, 3.8) is 0 Å². The van der Waals surface area contributed by atoms with Crippen molar-refractivity contribution in [3.8, 4) is 0 Å². The second-order valence-corrected chi connectivity index (χ2v) is 5.39. The summed E-state index contributed by atoms with van der Waals surface area (Å²) in [6.07, 6.45) is 3.31. The second kappa shape index (κ2) is 6.61. The summed E-state index contributed by atoms with van der Waals surface area (Å²) in [5, 5.41) is 3.41. The van der Waals surface area contributed by atoms with Crippen molar-refractivity contribution in [2.24, 2.45) is 5.73 Å². The highest BCUT2D eigenvalue weighted by Gasteiger charge is 2.20. The number of likely N-dealkylation sites (tertiary alicyclic amines) is 1. The first-order chi connectivity index (χ1) is 9.61. The van der Waals surface area contributed by atoms with E-state index in [0.29, 0.717) is 23.0 Å². The summed E-state index contributed by atoms with van der Waals surface area (Å²) in [6.45, 7) is 5.54. The van der Waals surface area contributed by atoms with Crippen LogP contribution in [-0.2, 0) is 0 Å². The molecule has 2 rings (SSSR count). The molecule has 1 aromatic carbocycles. The number of carbonyl (C=O) groups is 1. The number of carbonyl (C=O) groups excluding carboxylic acids is 1. The molecule has 5 N–H and O–H groups in total. The number of nitrogens with zero attached hydrogens (tertiary/aromatic N) is 1. The average molecular weight is 276 g/mol. The SMILES string of the molecule is CCCN1CCC(Nc2c(N)cccc2C(N)=O)CC1. The molecule has 1 heterocycles. The van der Waals surface area contributed by atoms with Crippen molar-refractivity contribution >= 4 is 17.3 Å². The Labute approximate surface area is 120 Å². The Balaban J connectivity index is 2.03. The topological polar surface area (TPSA) is 84.4 Å². The predicted octanol–water partition coefficient (Wildman–Crippen LogP) is 1.65. The monoisotopic (exact) mass is 276 g/mol. The molecule has 1 saturated heterocycles. The molecule has 1 amide bonds. The molecule has 20 heavy (non-hydrogen) atoms. The van der Waals surface area contributed by atoms with Crippen molar-refractivity contribution in [1.82, 2.24) is 4.90 Å². The van der Waals surface area contributed by atoms with Crippen LogP contribution in [0.3, 0.4) is 0 Å². The van der Waals surface area contributed by atoms with Crippen molar-refractivity contribution in [2.75, 3.05) is 30.7 Å². The highest BCUT2D eigenvalue weighted by Crippen LogP contribution is 2.26. The molecule has 0 saturated carbocycles. The Morgan fingerprint density at radius 2 is 2.10 bits per heavy atom. The summed E-state index contributed by atoms with van der Waals surface area (Å²) in [5.74, 6) is -0.441. The molecule has 1 aliphatic heterocycles. The van der Waals surface area contributed by atoms with Gasteiger partial charge in [-0.05, 0) is 37.9 Å². The zero-order valence-corrected chi connectivity index (χ0v) is 12.1. The zero-order chi connectivity index (χ0) is 14.5. The third kappa shape index (κ3) is 3.42. The van der Waals surface area contributed by atoms with Crippen LogP contribution in [0, 0.1) is 0 Å². The van der Waals surface area contributed by atoms with Gasteiger partial charge in [-0.15, -0.1) is 0 Å². The Morgan fingerprint density at radius 3 is 2.70 bits per heavy atom. The maximum absolute atomic E-state index is 11.5. The Kier molecular flexibility index (Phi) is 4.84. The van der Waals surface area contributed by atoms with Gasteiger partial charge in [-0.1, -0.05) is 13.0 Å². The van der Waals surface area contributed by atoms with E-state index in [1.807, 2.05) is 0 Å². The molecule has 5 heteroatoms. The van der Waals surface area contributed by atoms with Gasteiger partial charge in [0.25, 0.3) is 5.91 Å². The van der Waals surface area contributed by atoms with Gasteiger partial charge in [-0.3, -0.25) is 4.79 Å². The molecular formula is C15H24N4O. The Bertz CT molecular complexity index is 467. The van der Waals surface area contributed by atoms with Gasteiger partial charge in [0.1, 0.15) is 0 Å². The molecule has 110 valence electrons. The molecule has 0 unspecified atom stereocenters. The normalized spacial score (nSPS) is 17.1. The van der Waals surface area contributed by atoms with Crippen LogP contribution in [0.25, 0.3) is 0 Å². The van der Waals surface area contributed by atoms with Gasteiger partial charge >= 0.3 is 0 Å². The average Bonchev–Trinajstić information content (AvgIpc) is 2.43. The van der Waals surface area contributed by atoms with E-state index in [2.05, 4.69) is 17.1 Å². The van der Waals surface area contributed by atoms with E-state index in [1.54, 1.807) is 18.2 Å². The van der Waals surface area contributed by atoms with Crippen LogP contribution >= 0.6 is 0 Å². The third-order valence-corrected chi connectivity index (χ3v) is 3.84. The number of benzene rings is 1. The fraction of sp³-hybridized carbons (Fsp3) is 0.533. The van der Waals surface area contributed by atoms with E-state index in [9.17, 15) is 4.79 Å².